The van der Waals surface area contributed by atoms with Crippen molar-refractivity contribution in [2.45, 2.75) is 19.3 Å². The Kier molecular flexibility index (Phi) is 6.71. The van der Waals surface area contributed by atoms with Crippen molar-refractivity contribution in [2.24, 2.45) is 5.92 Å². The van der Waals surface area contributed by atoms with E-state index in [-0.39, 0.29) is 24.1 Å². The van der Waals surface area contributed by atoms with Crippen LogP contribution in [0.15, 0.2) is 24.3 Å². The fraction of sp³-hybridized carbons (Fsp3) is 0.588. The zero-order chi connectivity index (χ0) is 17.2. The third kappa shape index (κ3) is 4.46. The van der Waals surface area contributed by atoms with Crippen LogP contribution >= 0.6 is 12.4 Å². The van der Waals surface area contributed by atoms with Crippen LogP contribution in [0.25, 0.3) is 0 Å². The van der Waals surface area contributed by atoms with Gasteiger partial charge in [-0.2, -0.15) is 0 Å². The minimum Gasteiger partial charge on any atom is -0.338 e. The Bertz CT molecular complexity index is 709. The molecule has 8 heteroatoms. The molecule has 0 aromatic heterocycles. The predicted octanol–water partition coefficient (Wildman–Crippen LogP) is 1.72. The molecule has 6 nitrogen and oxygen atoms in total. The normalized spacial score (nSPS) is 22.5. The molecule has 0 spiro atoms. The van der Waals surface area contributed by atoms with Crippen LogP contribution < -0.4 is 9.62 Å². The van der Waals surface area contributed by atoms with E-state index >= 15 is 0 Å². The van der Waals surface area contributed by atoms with Crippen LogP contribution in [0.5, 0.6) is 0 Å². The lowest BCUT2D eigenvalue weighted by molar-refractivity contribution is 0.0674. The summed E-state index contributed by atoms with van der Waals surface area (Å²) in [5.41, 5.74) is 1.17. The van der Waals surface area contributed by atoms with Gasteiger partial charge in [0.25, 0.3) is 5.91 Å². The van der Waals surface area contributed by atoms with Crippen molar-refractivity contribution in [2.75, 3.05) is 43.3 Å². The molecular weight excluding hydrogens is 362 g/mol. The SMILES string of the molecule is CNCC1CCCN(C(=O)c2cccc(N3CCCS3(=O)=O)c2)C1.Cl. The maximum atomic E-state index is 12.8. The maximum absolute atomic E-state index is 12.8. The van der Waals surface area contributed by atoms with Crippen LogP contribution in [0.3, 0.4) is 0 Å². The van der Waals surface area contributed by atoms with E-state index in [4.69, 9.17) is 0 Å². The summed E-state index contributed by atoms with van der Waals surface area (Å²) in [6, 6.07) is 7.02. The van der Waals surface area contributed by atoms with E-state index in [2.05, 4.69) is 5.32 Å². The first kappa shape index (κ1) is 20.0. The van der Waals surface area contributed by atoms with Gasteiger partial charge in [0.2, 0.25) is 10.0 Å². The Balaban J connectivity index is 0.00000225. The van der Waals surface area contributed by atoms with Gasteiger partial charge in [-0.25, -0.2) is 8.42 Å². The summed E-state index contributed by atoms with van der Waals surface area (Å²) < 4.78 is 25.6. The van der Waals surface area contributed by atoms with Crippen molar-refractivity contribution < 1.29 is 13.2 Å². The molecule has 1 N–H and O–H groups in total. The van der Waals surface area contributed by atoms with Gasteiger partial charge in [-0.1, -0.05) is 6.07 Å². The Morgan fingerprint density at radius 1 is 1.28 bits per heavy atom. The summed E-state index contributed by atoms with van der Waals surface area (Å²) in [6.07, 6.45) is 2.79. The van der Waals surface area contributed by atoms with E-state index in [0.717, 1.165) is 32.5 Å². The van der Waals surface area contributed by atoms with Crippen LogP contribution in [0.4, 0.5) is 5.69 Å². The summed E-state index contributed by atoms with van der Waals surface area (Å²) in [4.78, 5) is 14.7. The molecule has 1 aromatic rings. The molecule has 2 saturated heterocycles. The number of rotatable bonds is 4. The molecule has 2 heterocycles. The van der Waals surface area contributed by atoms with E-state index < -0.39 is 10.0 Å². The smallest absolute Gasteiger partial charge is 0.253 e. The van der Waals surface area contributed by atoms with Gasteiger partial charge in [0.05, 0.1) is 11.4 Å². The van der Waals surface area contributed by atoms with Gasteiger partial charge in [0.1, 0.15) is 0 Å². The second-order valence-corrected chi connectivity index (χ2v) is 8.62. The molecule has 1 atom stereocenters. The molecule has 25 heavy (non-hydrogen) atoms. The molecule has 1 aromatic carbocycles. The monoisotopic (exact) mass is 387 g/mol. The number of hydrogen-bond acceptors (Lipinski definition) is 4. The number of anilines is 1. The van der Waals surface area contributed by atoms with Gasteiger partial charge in [0.15, 0.2) is 0 Å². The molecule has 3 rings (SSSR count). The lowest BCUT2D eigenvalue weighted by Crippen LogP contribution is -2.42. The van der Waals surface area contributed by atoms with Crippen molar-refractivity contribution in [3.05, 3.63) is 29.8 Å². The van der Waals surface area contributed by atoms with Gasteiger partial charge >= 0.3 is 0 Å². The van der Waals surface area contributed by atoms with E-state index in [1.807, 2.05) is 11.9 Å². The Labute approximate surface area is 156 Å². The minimum atomic E-state index is -3.22. The van der Waals surface area contributed by atoms with Crippen molar-refractivity contribution in [3.8, 4) is 0 Å². The van der Waals surface area contributed by atoms with Gasteiger partial charge in [-0.15, -0.1) is 12.4 Å². The van der Waals surface area contributed by atoms with Crippen molar-refractivity contribution in [1.82, 2.24) is 10.2 Å². The molecule has 1 unspecified atom stereocenters. The summed E-state index contributed by atoms with van der Waals surface area (Å²) >= 11 is 0. The van der Waals surface area contributed by atoms with Gasteiger partial charge in [-0.3, -0.25) is 9.10 Å². The number of nitrogens with zero attached hydrogens (tertiary/aromatic N) is 2. The highest BCUT2D eigenvalue weighted by Gasteiger charge is 2.29. The molecule has 0 saturated carbocycles. The first-order chi connectivity index (χ1) is 11.5. The van der Waals surface area contributed by atoms with Crippen LogP contribution in [-0.2, 0) is 10.0 Å². The number of piperidine rings is 1. The van der Waals surface area contributed by atoms with Crippen LogP contribution in [0, 0.1) is 5.92 Å². The fourth-order valence-electron chi connectivity index (χ4n) is 3.61. The molecule has 2 aliphatic rings. The Morgan fingerprint density at radius 3 is 2.76 bits per heavy atom. The lowest BCUT2D eigenvalue weighted by Gasteiger charge is -2.33. The van der Waals surface area contributed by atoms with E-state index in [0.29, 0.717) is 30.1 Å². The highest BCUT2D eigenvalue weighted by molar-refractivity contribution is 7.93. The average Bonchev–Trinajstić information content (AvgIpc) is 2.94. The minimum absolute atomic E-state index is 0. The first-order valence-electron chi connectivity index (χ1n) is 8.55. The van der Waals surface area contributed by atoms with Gasteiger partial charge < -0.3 is 10.2 Å². The Hall–Kier alpha value is -1.31. The second-order valence-electron chi connectivity index (χ2n) is 6.61. The first-order valence-corrected chi connectivity index (χ1v) is 10.2. The summed E-state index contributed by atoms with van der Waals surface area (Å²) in [6.45, 7) is 2.93. The fourth-order valence-corrected chi connectivity index (χ4v) is 5.17. The number of carbonyl (C=O) groups excluding carboxylic acids is 1. The topological polar surface area (TPSA) is 69.7 Å². The highest BCUT2D eigenvalue weighted by atomic mass is 35.5. The summed E-state index contributed by atoms with van der Waals surface area (Å²) in [7, 11) is -1.29. The van der Waals surface area contributed by atoms with Crippen LogP contribution in [-0.4, -0.2) is 58.2 Å². The third-order valence-corrected chi connectivity index (χ3v) is 6.65. The standard InChI is InChI=1S/C17H25N3O3S.ClH/c1-18-12-14-5-3-8-19(13-14)17(21)15-6-2-7-16(11-15)20-9-4-10-24(20,22)23;/h2,6-7,11,14,18H,3-5,8-10,12-13H2,1H3;1H. The van der Waals surface area contributed by atoms with Crippen LogP contribution in [0.1, 0.15) is 29.6 Å². The van der Waals surface area contributed by atoms with Crippen molar-refractivity contribution >= 4 is 34.0 Å². The van der Waals surface area contributed by atoms with E-state index in [9.17, 15) is 13.2 Å². The molecule has 1 amide bonds. The van der Waals surface area contributed by atoms with E-state index in [1.165, 1.54) is 4.31 Å². The number of halogens is 1. The molecule has 140 valence electrons. The number of amides is 1. The zero-order valence-corrected chi connectivity index (χ0v) is 16.1. The molecule has 0 bridgehead atoms. The number of sulfonamides is 1. The molecule has 0 radical (unpaired) electrons. The maximum Gasteiger partial charge on any atom is 0.253 e. The summed E-state index contributed by atoms with van der Waals surface area (Å²) in [5.74, 6) is 0.660. The molecule has 2 fully saturated rings. The lowest BCUT2D eigenvalue weighted by atomic mass is 9.97. The number of hydrogen-bond donors (Lipinski definition) is 1. The molecular formula is C17H26ClN3O3S. The van der Waals surface area contributed by atoms with Crippen molar-refractivity contribution in [3.63, 3.8) is 0 Å². The predicted molar refractivity (Wildman–Crippen MR) is 102 cm³/mol. The average molecular weight is 388 g/mol. The number of benzene rings is 1. The molecule has 2 aliphatic heterocycles. The number of carbonyl (C=O) groups is 1. The number of nitrogens with one attached hydrogen (secondary N) is 1. The van der Waals surface area contributed by atoms with Gasteiger partial charge in [-0.05, 0) is 57.0 Å². The van der Waals surface area contributed by atoms with Crippen molar-refractivity contribution in [1.29, 1.82) is 0 Å². The third-order valence-electron chi connectivity index (χ3n) is 4.78. The van der Waals surface area contributed by atoms with Crippen LogP contribution in [0.2, 0.25) is 0 Å². The number of likely N-dealkylation sites (tertiary alicyclic amines) is 1. The van der Waals surface area contributed by atoms with Gasteiger partial charge in [0, 0.05) is 25.2 Å². The summed E-state index contributed by atoms with van der Waals surface area (Å²) in [5, 5.41) is 3.18. The quantitative estimate of drug-likeness (QED) is 0.854. The second kappa shape index (κ2) is 8.38. The van der Waals surface area contributed by atoms with E-state index in [1.54, 1.807) is 24.3 Å². The zero-order valence-electron chi connectivity index (χ0n) is 14.5. The highest BCUT2D eigenvalue weighted by Crippen LogP contribution is 2.26. The Morgan fingerprint density at radius 2 is 2.08 bits per heavy atom. The largest absolute Gasteiger partial charge is 0.338 e. The molecule has 0 aliphatic carbocycles.